The fourth-order valence-electron chi connectivity index (χ4n) is 2.23. The van der Waals surface area contributed by atoms with Crippen LogP contribution in [-0.4, -0.2) is 42.5 Å². The van der Waals surface area contributed by atoms with E-state index in [0.717, 1.165) is 12.0 Å². The van der Waals surface area contributed by atoms with Crippen LogP contribution in [-0.2, 0) is 16.4 Å². The number of rotatable bonds is 5. The first-order chi connectivity index (χ1) is 9.50. The Morgan fingerprint density at radius 1 is 1.60 bits per heavy atom. The summed E-state index contributed by atoms with van der Waals surface area (Å²) in [6.45, 7) is 1.26. The highest BCUT2D eigenvalue weighted by atomic mass is 32.2. The fourth-order valence-corrected chi connectivity index (χ4v) is 4.09. The Morgan fingerprint density at radius 3 is 3.05 bits per heavy atom. The maximum Gasteiger partial charge on any atom is 0.188 e. The summed E-state index contributed by atoms with van der Waals surface area (Å²) in [4.78, 5) is 3.99. The molecule has 2 heterocycles. The molecule has 0 spiro atoms. The highest BCUT2D eigenvalue weighted by molar-refractivity contribution is 7.91. The minimum atomic E-state index is -2.82. The zero-order valence-corrected chi connectivity index (χ0v) is 11.8. The van der Waals surface area contributed by atoms with E-state index in [0.29, 0.717) is 24.5 Å². The average molecular weight is 298 g/mol. The Morgan fingerprint density at radius 2 is 2.40 bits per heavy atom. The van der Waals surface area contributed by atoms with Gasteiger partial charge in [-0.2, -0.15) is 0 Å². The van der Waals surface area contributed by atoms with Crippen molar-refractivity contribution >= 4 is 15.7 Å². The van der Waals surface area contributed by atoms with Crippen LogP contribution >= 0.6 is 0 Å². The summed E-state index contributed by atoms with van der Waals surface area (Å²) in [5, 5.41) is 14.7. The topological polar surface area (TPSA) is 118 Å². The monoisotopic (exact) mass is 298 g/mol. The van der Waals surface area contributed by atoms with Crippen LogP contribution in [0.2, 0.25) is 0 Å². The third-order valence-electron chi connectivity index (χ3n) is 3.28. The number of oxime groups is 1. The van der Waals surface area contributed by atoms with Crippen LogP contribution in [0, 0.1) is 5.92 Å². The minimum Gasteiger partial charge on any atom is -0.409 e. The van der Waals surface area contributed by atoms with Crippen LogP contribution in [0.25, 0.3) is 0 Å². The van der Waals surface area contributed by atoms with Gasteiger partial charge in [0.25, 0.3) is 0 Å². The zero-order chi connectivity index (χ0) is 14.6. The normalized spacial score (nSPS) is 22.0. The first kappa shape index (κ1) is 14.7. The maximum absolute atomic E-state index is 11.3. The second kappa shape index (κ2) is 6.19. The summed E-state index contributed by atoms with van der Waals surface area (Å²) >= 11 is 0. The number of hydrogen-bond donors (Lipinski definition) is 3. The van der Waals surface area contributed by atoms with E-state index in [1.807, 2.05) is 6.07 Å². The van der Waals surface area contributed by atoms with Crippen molar-refractivity contribution in [2.75, 3.05) is 18.1 Å². The van der Waals surface area contributed by atoms with E-state index in [2.05, 4.69) is 15.5 Å². The molecule has 1 unspecified atom stereocenters. The van der Waals surface area contributed by atoms with Crippen LogP contribution in [0.4, 0.5) is 0 Å². The van der Waals surface area contributed by atoms with Gasteiger partial charge in [0.05, 0.1) is 11.5 Å². The summed E-state index contributed by atoms with van der Waals surface area (Å²) < 4.78 is 22.7. The van der Waals surface area contributed by atoms with E-state index >= 15 is 0 Å². The number of pyridine rings is 1. The zero-order valence-electron chi connectivity index (χ0n) is 11.0. The largest absolute Gasteiger partial charge is 0.409 e. The molecule has 20 heavy (non-hydrogen) atoms. The molecule has 8 heteroatoms. The number of aromatic nitrogens is 1. The number of nitrogens with two attached hydrogens (primary N) is 1. The molecule has 4 N–H and O–H groups in total. The Labute approximate surface area is 117 Å². The molecule has 1 aliphatic heterocycles. The fraction of sp³-hybridized carbons (Fsp3) is 0.500. The molecule has 110 valence electrons. The highest BCUT2D eigenvalue weighted by Crippen LogP contribution is 2.17. The smallest absolute Gasteiger partial charge is 0.188 e. The third-order valence-corrected chi connectivity index (χ3v) is 5.12. The van der Waals surface area contributed by atoms with Crippen molar-refractivity contribution in [3.05, 3.63) is 29.6 Å². The number of nitrogens with one attached hydrogen (secondary N) is 1. The van der Waals surface area contributed by atoms with Crippen molar-refractivity contribution in [2.45, 2.75) is 13.0 Å². The molecule has 0 amide bonds. The molecule has 1 atom stereocenters. The molecule has 0 saturated carbocycles. The van der Waals surface area contributed by atoms with Gasteiger partial charge in [-0.3, -0.25) is 4.98 Å². The molecule has 1 aromatic rings. The lowest BCUT2D eigenvalue weighted by molar-refractivity contribution is 0.318. The first-order valence-corrected chi connectivity index (χ1v) is 8.16. The van der Waals surface area contributed by atoms with Crippen LogP contribution in [0.1, 0.15) is 17.7 Å². The highest BCUT2D eigenvalue weighted by Gasteiger charge is 2.27. The lowest BCUT2D eigenvalue weighted by atomic mass is 10.1. The van der Waals surface area contributed by atoms with Crippen LogP contribution < -0.4 is 11.1 Å². The molecule has 2 rings (SSSR count). The first-order valence-electron chi connectivity index (χ1n) is 6.34. The molecule has 1 aromatic heterocycles. The van der Waals surface area contributed by atoms with Gasteiger partial charge in [-0.1, -0.05) is 5.16 Å². The van der Waals surface area contributed by atoms with Gasteiger partial charge in [0.2, 0.25) is 0 Å². The number of amidine groups is 1. The van der Waals surface area contributed by atoms with Crippen molar-refractivity contribution in [2.24, 2.45) is 16.8 Å². The van der Waals surface area contributed by atoms with E-state index in [1.54, 1.807) is 12.3 Å². The van der Waals surface area contributed by atoms with Crippen molar-refractivity contribution in [1.29, 1.82) is 0 Å². The summed E-state index contributed by atoms with van der Waals surface area (Å²) in [5.74, 6) is 0.715. The van der Waals surface area contributed by atoms with Crippen molar-refractivity contribution in [3.63, 3.8) is 0 Å². The summed E-state index contributed by atoms with van der Waals surface area (Å²) in [6.07, 6.45) is 2.31. The Hall–Kier alpha value is -1.67. The second-order valence-corrected chi connectivity index (χ2v) is 7.16. The number of sulfone groups is 1. The van der Waals surface area contributed by atoms with Crippen molar-refractivity contribution < 1.29 is 13.6 Å². The van der Waals surface area contributed by atoms with E-state index in [4.69, 9.17) is 10.9 Å². The van der Waals surface area contributed by atoms with Gasteiger partial charge in [0.15, 0.2) is 15.7 Å². The molecule has 7 nitrogen and oxygen atoms in total. The van der Waals surface area contributed by atoms with E-state index in [-0.39, 0.29) is 17.5 Å². The molecule has 0 aliphatic carbocycles. The Bertz CT molecular complexity index is 600. The molecular formula is C12H18N4O3S. The molecule has 1 saturated heterocycles. The van der Waals surface area contributed by atoms with Gasteiger partial charge in [-0.05, 0) is 36.6 Å². The van der Waals surface area contributed by atoms with Gasteiger partial charge in [-0.25, -0.2) is 8.42 Å². The van der Waals surface area contributed by atoms with E-state index in [1.165, 1.54) is 0 Å². The van der Waals surface area contributed by atoms with Crippen LogP contribution in [0.5, 0.6) is 0 Å². The molecule has 0 bridgehead atoms. The van der Waals surface area contributed by atoms with Gasteiger partial charge >= 0.3 is 0 Å². The van der Waals surface area contributed by atoms with E-state index in [9.17, 15) is 8.42 Å². The predicted molar refractivity (Wildman–Crippen MR) is 75.2 cm³/mol. The summed E-state index contributed by atoms with van der Waals surface area (Å²) in [7, 11) is -2.82. The molecule has 0 aromatic carbocycles. The minimum absolute atomic E-state index is 0.0336. The third kappa shape index (κ3) is 3.91. The van der Waals surface area contributed by atoms with Gasteiger partial charge in [0.1, 0.15) is 5.69 Å². The lowest BCUT2D eigenvalue weighted by Crippen LogP contribution is -2.23. The maximum atomic E-state index is 11.3. The molecule has 1 fully saturated rings. The summed E-state index contributed by atoms with van der Waals surface area (Å²) in [6, 6.07) is 3.56. The standard InChI is InChI=1S/C12H18N4O3S/c13-12(16-17)11-5-9(1-3-15-11)6-14-7-10-2-4-20(18,19)8-10/h1,3,5,10,14,17H,2,4,6-8H2,(H2,13,16). The average Bonchev–Trinajstić information content (AvgIpc) is 2.78. The lowest BCUT2D eigenvalue weighted by Gasteiger charge is -2.10. The van der Waals surface area contributed by atoms with Crippen LogP contribution in [0.3, 0.4) is 0 Å². The number of nitrogens with zero attached hydrogens (tertiary/aromatic N) is 2. The molecule has 1 aliphatic rings. The Balaban J connectivity index is 1.86. The predicted octanol–water partition coefficient (Wildman–Crippen LogP) is -0.300. The van der Waals surface area contributed by atoms with Crippen molar-refractivity contribution in [3.8, 4) is 0 Å². The van der Waals surface area contributed by atoms with Gasteiger partial charge < -0.3 is 16.3 Å². The van der Waals surface area contributed by atoms with Gasteiger partial charge in [-0.15, -0.1) is 0 Å². The Kier molecular flexibility index (Phi) is 4.56. The van der Waals surface area contributed by atoms with Crippen LogP contribution in [0.15, 0.2) is 23.5 Å². The quantitative estimate of drug-likeness (QED) is 0.297. The van der Waals surface area contributed by atoms with E-state index < -0.39 is 9.84 Å². The van der Waals surface area contributed by atoms with Gasteiger partial charge in [0, 0.05) is 12.7 Å². The molecular weight excluding hydrogens is 280 g/mol. The summed E-state index contributed by atoms with van der Waals surface area (Å²) in [5.41, 5.74) is 6.83. The number of hydrogen-bond acceptors (Lipinski definition) is 6. The molecule has 0 radical (unpaired) electrons. The van der Waals surface area contributed by atoms with Crippen molar-refractivity contribution in [1.82, 2.24) is 10.3 Å². The SMILES string of the molecule is NC(=NO)c1cc(CNCC2CCS(=O)(=O)C2)ccn1. The second-order valence-electron chi connectivity index (χ2n) is 4.93.